The Morgan fingerprint density at radius 3 is 2.18 bits per heavy atom. The fraction of sp³-hybridized carbons (Fsp3) is 0.294. The van der Waals surface area contributed by atoms with Crippen molar-refractivity contribution in [3.63, 3.8) is 0 Å². The van der Waals surface area contributed by atoms with Crippen LogP contribution >= 0.6 is 23.1 Å². The molecule has 1 N–H and O–H groups in total. The molecule has 50 heavy (non-hydrogen) atoms. The number of nitrogens with zero attached hydrogens (tertiary/aromatic N) is 3. The maximum atomic E-state index is 14.2. The second-order valence-electron chi connectivity index (χ2n) is 11.6. The number of carbonyl (C=O) groups is 3. The number of carbonyl (C=O) groups excluding carboxylic acids is 3. The second kappa shape index (κ2) is 13.3. The Hall–Kier alpha value is -4.57. The van der Waals surface area contributed by atoms with Crippen LogP contribution in [0.25, 0.3) is 0 Å². The zero-order chi connectivity index (χ0) is 36.1. The van der Waals surface area contributed by atoms with Gasteiger partial charge in [0.15, 0.2) is 0 Å². The number of thiazole rings is 1. The highest BCUT2D eigenvalue weighted by Crippen LogP contribution is 2.54. The Bertz CT molecular complexity index is 2020. The third-order valence-corrected chi connectivity index (χ3v) is 11.3. The highest BCUT2D eigenvalue weighted by molar-refractivity contribution is 8.00. The SMILES string of the molecule is CCN(CC)c1ccc(C2c3sc(=O)n(CC(=O)Nc4cccc(C(F)(F)F)c4)c3SC3C(=O)N(c4ccccc4C(F)(F)F)C(=O)C32)cc1. The van der Waals surface area contributed by atoms with Crippen LogP contribution in [0.5, 0.6) is 0 Å². The van der Waals surface area contributed by atoms with Crippen molar-refractivity contribution in [3.8, 4) is 0 Å². The summed E-state index contributed by atoms with van der Waals surface area (Å²) in [5.74, 6) is -4.72. The van der Waals surface area contributed by atoms with Crippen LogP contribution in [-0.4, -0.2) is 40.6 Å². The van der Waals surface area contributed by atoms with Crippen LogP contribution in [0.4, 0.5) is 43.4 Å². The second-order valence-corrected chi connectivity index (χ2v) is 13.7. The largest absolute Gasteiger partial charge is 0.418 e. The summed E-state index contributed by atoms with van der Waals surface area (Å²) >= 11 is 1.54. The minimum atomic E-state index is -4.87. The van der Waals surface area contributed by atoms with E-state index >= 15 is 0 Å². The number of anilines is 3. The van der Waals surface area contributed by atoms with E-state index in [9.17, 15) is 45.5 Å². The van der Waals surface area contributed by atoms with E-state index < -0.39 is 75.4 Å². The standard InChI is InChI=1S/C34H28F6N4O4S2/c1-3-42(4-2)21-14-12-18(13-15-21)25-26-27(30(47)44(29(26)46)23-11-6-5-10-22(23)34(38,39)40)49-31-28(25)50-32(48)43(31)17-24(45)41-20-9-7-8-19(16-20)33(35,36)37/h5-16,25-27H,3-4,17H2,1-2H3,(H,41,45). The van der Waals surface area contributed by atoms with Gasteiger partial charge in [0.05, 0.1) is 27.8 Å². The number of aromatic nitrogens is 1. The van der Waals surface area contributed by atoms with Gasteiger partial charge in [0.2, 0.25) is 17.7 Å². The Morgan fingerprint density at radius 2 is 1.54 bits per heavy atom. The number of fused-ring (bicyclic) bond motifs is 2. The molecular weight excluding hydrogens is 707 g/mol. The number of para-hydroxylation sites is 1. The van der Waals surface area contributed by atoms with E-state index in [0.29, 0.717) is 28.4 Å². The van der Waals surface area contributed by atoms with Crippen LogP contribution in [0, 0.1) is 5.92 Å². The molecule has 0 bridgehead atoms. The molecule has 8 nitrogen and oxygen atoms in total. The lowest BCUT2D eigenvalue weighted by atomic mass is 9.83. The Balaban J connectivity index is 1.42. The normalized spacial score (nSPS) is 19.0. The van der Waals surface area contributed by atoms with E-state index in [1.165, 1.54) is 12.1 Å². The molecule has 0 aliphatic carbocycles. The topological polar surface area (TPSA) is 91.7 Å². The maximum absolute atomic E-state index is 14.2. The molecule has 3 atom stereocenters. The predicted molar refractivity (Wildman–Crippen MR) is 178 cm³/mol. The minimum Gasteiger partial charge on any atom is -0.372 e. The quantitative estimate of drug-likeness (QED) is 0.152. The van der Waals surface area contributed by atoms with Crippen molar-refractivity contribution in [1.82, 2.24) is 4.57 Å². The van der Waals surface area contributed by atoms with Crippen molar-refractivity contribution in [2.24, 2.45) is 5.92 Å². The van der Waals surface area contributed by atoms with E-state index in [1.807, 2.05) is 26.0 Å². The van der Waals surface area contributed by atoms with Gasteiger partial charge in [0.1, 0.15) is 11.8 Å². The monoisotopic (exact) mass is 734 g/mol. The molecule has 0 spiro atoms. The molecule has 4 aromatic rings. The number of amides is 3. The minimum absolute atomic E-state index is 0.156. The summed E-state index contributed by atoms with van der Waals surface area (Å²) in [4.78, 5) is 57.0. The van der Waals surface area contributed by atoms with Crippen LogP contribution in [-0.2, 0) is 33.3 Å². The highest BCUT2D eigenvalue weighted by Gasteiger charge is 2.57. The van der Waals surface area contributed by atoms with Gasteiger partial charge in [-0.05, 0) is 61.9 Å². The zero-order valence-electron chi connectivity index (χ0n) is 26.3. The van der Waals surface area contributed by atoms with Gasteiger partial charge in [-0.15, -0.1) is 0 Å². The summed E-state index contributed by atoms with van der Waals surface area (Å²) < 4.78 is 83.0. The summed E-state index contributed by atoms with van der Waals surface area (Å²) in [6, 6.07) is 15.4. The molecule has 0 saturated carbocycles. The third kappa shape index (κ3) is 6.41. The molecular formula is C34H28F6N4O4S2. The maximum Gasteiger partial charge on any atom is 0.418 e. The van der Waals surface area contributed by atoms with Gasteiger partial charge in [-0.2, -0.15) is 26.3 Å². The van der Waals surface area contributed by atoms with Gasteiger partial charge in [-0.25, -0.2) is 4.90 Å². The van der Waals surface area contributed by atoms with Crippen LogP contribution < -0.4 is 20.0 Å². The number of hydrogen-bond donors (Lipinski definition) is 1. The predicted octanol–water partition coefficient (Wildman–Crippen LogP) is 7.23. The van der Waals surface area contributed by atoms with Gasteiger partial charge in [0.25, 0.3) is 0 Å². The number of alkyl halides is 6. The molecule has 16 heteroatoms. The summed E-state index contributed by atoms with van der Waals surface area (Å²) in [7, 11) is 0. The van der Waals surface area contributed by atoms with Gasteiger partial charge < -0.3 is 10.2 Å². The van der Waals surface area contributed by atoms with Gasteiger partial charge in [0, 0.05) is 35.3 Å². The lowest BCUT2D eigenvalue weighted by Gasteiger charge is -2.31. The van der Waals surface area contributed by atoms with Crippen LogP contribution in [0.3, 0.4) is 0 Å². The van der Waals surface area contributed by atoms with Gasteiger partial charge in [-0.3, -0.25) is 23.7 Å². The average Bonchev–Trinajstić information content (AvgIpc) is 3.51. The number of hydrogen-bond acceptors (Lipinski definition) is 7. The van der Waals surface area contributed by atoms with Crippen molar-refractivity contribution in [2.45, 2.75) is 48.9 Å². The number of benzene rings is 3. The molecule has 3 unspecified atom stereocenters. The Morgan fingerprint density at radius 1 is 0.860 bits per heavy atom. The summed E-state index contributed by atoms with van der Waals surface area (Å²) in [5, 5.41) is 1.28. The lowest BCUT2D eigenvalue weighted by Crippen LogP contribution is -2.33. The first-order valence-electron chi connectivity index (χ1n) is 15.4. The first-order chi connectivity index (χ1) is 23.6. The van der Waals surface area contributed by atoms with Gasteiger partial charge >= 0.3 is 17.2 Å². The number of rotatable bonds is 8. The van der Waals surface area contributed by atoms with E-state index in [1.54, 1.807) is 12.1 Å². The number of halogens is 6. The highest BCUT2D eigenvalue weighted by atomic mass is 32.2. The van der Waals surface area contributed by atoms with Crippen molar-refractivity contribution in [3.05, 3.63) is 104 Å². The van der Waals surface area contributed by atoms with Crippen LogP contribution in [0.2, 0.25) is 0 Å². The van der Waals surface area contributed by atoms with E-state index in [0.717, 1.165) is 69.8 Å². The number of thioether (sulfide) groups is 1. The van der Waals surface area contributed by atoms with Crippen molar-refractivity contribution >= 4 is 57.9 Å². The molecule has 2 aliphatic rings. The fourth-order valence-corrected chi connectivity index (χ4v) is 9.13. The molecule has 3 aromatic carbocycles. The molecule has 6 rings (SSSR count). The molecule has 3 amide bonds. The summed E-state index contributed by atoms with van der Waals surface area (Å²) in [6.45, 7) is 4.73. The van der Waals surface area contributed by atoms with Crippen LogP contribution in [0.1, 0.15) is 41.3 Å². The van der Waals surface area contributed by atoms with E-state index in [2.05, 4.69) is 10.2 Å². The van der Waals surface area contributed by atoms with Crippen molar-refractivity contribution in [2.75, 3.05) is 28.2 Å². The molecule has 262 valence electrons. The molecule has 3 heterocycles. The first-order valence-corrected chi connectivity index (χ1v) is 17.1. The summed E-state index contributed by atoms with van der Waals surface area (Å²) in [5.41, 5.74) is -1.52. The zero-order valence-corrected chi connectivity index (χ0v) is 28.0. The summed E-state index contributed by atoms with van der Waals surface area (Å²) in [6.07, 6.45) is -9.53. The van der Waals surface area contributed by atoms with E-state index in [4.69, 9.17) is 0 Å². The Labute approximate surface area is 289 Å². The fourth-order valence-electron chi connectivity index (χ4n) is 6.36. The van der Waals surface area contributed by atoms with Crippen LogP contribution in [0.15, 0.2) is 82.6 Å². The molecule has 0 radical (unpaired) electrons. The first kappa shape index (κ1) is 35.3. The lowest BCUT2D eigenvalue weighted by molar-refractivity contribution is -0.138. The van der Waals surface area contributed by atoms with Gasteiger partial charge in [-0.1, -0.05) is 53.4 Å². The third-order valence-electron chi connectivity index (χ3n) is 8.66. The van der Waals surface area contributed by atoms with Crippen molar-refractivity contribution in [1.29, 1.82) is 0 Å². The molecule has 1 saturated heterocycles. The molecule has 1 aromatic heterocycles. The smallest absolute Gasteiger partial charge is 0.372 e. The Kier molecular flexibility index (Phi) is 9.37. The van der Waals surface area contributed by atoms with Crippen molar-refractivity contribution < 1.29 is 40.7 Å². The average molecular weight is 735 g/mol. The number of imide groups is 1. The molecule has 2 aliphatic heterocycles. The van der Waals surface area contributed by atoms with E-state index in [-0.39, 0.29) is 10.7 Å². The number of nitrogens with one attached hydrogen (secondary N) is 1. The molecule has 1 fully saturated rings.